The lowest BCUT2D eigenvalue weighted by Gasteiger charge is -2.01. The third-order valence-corrected chi connectivity index (χ3v) is 2.78. The van der Waals surface area contributed by atoms with Crippen LogP contribution in [0.25, 0.3) is 6.08 Å². The molecule has 0 aliphatic heterocycles. The molecule has 0 spiro atoms. The van der Waals surface area contributed by atoms with Crippen molar-refractivity contribution in [1.29, 1.82) is 0 Å². The first-order valence-corrected chi connectivity index (χ1v) is 6.12. The summed E-state index contributed by atoms with van der Waals surface area (Å²) in [6.07, 6.45) is 4.61. The highest BCUT2D eigenvalue weighted by Gasteiger charge is 2.09. The van der Waals surface area contributed by atoms with Crippen molar-refractivity contribution in [3.63, 3.8) is 0 Å². The summed E-state index contributed by atoms with van der Waals surface area (Å²) in [4.78, 5) is 15.9. The molecule has 4 heteroatoms. The molecular weight excluding hydrogens is 254 g/mol. The number of benzene rings is 1. The highest BCUT2D eigenvalue weighted by Crippen LogP contribution is 2.17. The summed E-state index contributed by atoms with van der Waals surface area (Å²) >= 11 is 0. The minimum absolute atomic E-state index is 0.0559. The number of methoxy groups -OCH3 is 1. The van der Waals surface area contributed by atoms with E-state index in [1.807, 2.05) is 24.3 Å². The lowest BCUT2D eigenvalue weighted by atomic mass is 10.1. The van der Waals surface area contributed by atoms with E-state index in [0.29, 0.717) is 0 Å². The van der Waals surface area contributed by atoms with Crippen LogP contribution < -0.4 is 4.74 Å². The van der Waals surface area contributed by atoms with Crippen LogP contribution in [0.2, 0.25) is 0 Å². The van der Waals surface area contributed by atoms with Gasteiger partial charge in [0, 0.05) is 6.20 Å². The summed E-state index contributed by atoms with van der Waals surface area (Å²) < 4.78 is 5.06. The zero-order chi connectivity index (χ0) is 14.5. The van der Waals surface area contributed by atoms with Crippen molar-refractivity contribution in [2.24, 2.45) is 0 Å². The van der Waals surface area contributed by atoms with Gasteiger partial charge in [0.25, 0.3) is 0 Å². The lowest BCUT2D eigenvalue weighted by molar-refractivity contribution is 0.104. The van der Waals surface area contributed by atoms with Gasteiger partial charge in [-0.05, 0) is 42.3 Å². The molecule has 0 saturated carbocycles. The number of hydrogen-bond donors (Lipinski definition) is 1. The van der Waals surface area contributed by atoms with Crippen LogP contribution in [0, 0.1) is 6.92 Å². The molecule has 0 aliphatic carbocycles. The number of hydrogen-bond acceptors (Lipinski definition) is 4. The molecule has 4 nitrogen and oxygen atoms in total. The number of ether oxygens (including phenoxy) is 1. The molecule has 0 unspecified atom stereocenters. The maximum Gasteiger partial charge on any atom is 0.207 e. The van der Waals surface area contributed by atoms with Crippen molar-refractivity contribution < 1.29 is 14.6 Å². The first-order valence-electron chi connectivity index (χ1n) is 6.12. The van der Waals surface area contributed by atoms with Crippen LogP contribution in [0.3, 0.4) is 0 Å². The molecule has 1 N–H and O–H groups in total. The van der Waals surface area contributed by atoms with Crippen LogP contribution >= 0.6 is 0 Å². The Hall–Kier alpha value is -2.62. The summed E-state index contributed by atoms with van der Waals surface area (Å²) in [7, 11) is 1.60. The van der Waals surface area contributed by atoms with Gasteiger partial charge in [-0.1, -0.05) is 18.2 Å². The molecular formula is C16H15NO3. The van der Waals surface area contributed by atoms with Crippen LogP contribution in [0.4, 0.5) is 0 Å². The van der Waals surface area contributed by atoms with Gasteiger partial charge in [0.2, 0.25) is 5.78 Å². The van der Waals surface area contributed by atoms with E-state index >= 15 is 0 Å². The molecule has 2 aromatic rings. The standard InChI is InChI=1S/C16H15NO3/c1-11-9-15(19)16(17-10-11)14(18)8-5-12-3-6-13(20-2)7-4-12/h3-10,19H,1-2H3/b8-5+. The topological polar surface area (TPSA) is 59.4 Å². The van der Waals surface area contributed by atoms with Gasteiger partial charge < -0.3 is 9.84 Å². The fraction of sp³-hybridized carbons (Fsp3) is 0.125. The molecule has 20 heavy (non-hydrogen) atoms. The molecule has 0 saturated heterocycles. The van der Waals surface area contributed by atoms with Gasteiger partial charge in [0.05, 0.1) is 7.11 Å². The second kappa shape index (κ2) is 6.02. The quantitative estimate of drug-likeness (QED) is 0.684. The van der Waals surface area contributed by atoms with Gasteiger partial charge in [-0.25, -0.2) is 4.98 Å². The molecule has 1 heterocycles. The van der Waals surface area contributed by atoms with Gasteiger partial charge in [0.1, 0.15) is 11.5 Å². The summed E-state index contributed by atoms with van der Waals surface area (Å²) in [6, 6.07) is 8.81. The first kappa shape index (κ1) is 13.8. The van der Waals surface area contributed by atoms with Crippen LogP contribution in [0.1, 0.15) is 21.6 Å². The maximum atomic E-state index is 11.9. The molecule has 0 amide bonds. The van der Waals surface area contributed by atoms with Gasteiger partial charge in [0.15, 0.2) is 5.69 Å². The number of nitrogens with zero attached hydrogens (tertiary/aromatic N) is 1. The number of ketones is 1. The second-order valence-corrected chi connectivity index (χ2v) is 4.35. The third-order valence-electron chi connectivity index (χ3n) is 2.78. The fourth-order valence-electron chi connectivity index (χ4n) is 1.71. The van der Waals surface area contributed by atoms with E-state index in [4.69, 9.17) is 4.74 Å². The van der Waals surface area contributed by atoms with Crippen LogP contribution in [0.5, 0.6) is 11.5 Å². The van der Waals surface area contributed by atoms with Crippen LogP contribution in [-0.2, 0) is 0 Å². The van der Waals surface area contributed by atoms with Crippen molar-refractivity contribution in [2.45, 2.75) is 6.92 Å². The number of carbonyl (C=O) groups is 1. The Kier molecular flexibility index (Phi) is 4.15. The number of aryl methyl sites for hydroxylation is 1. The monoisotopic (exact) mass is 269 g/mol. The number of allylic oxidation sites excluding steroid dienone is 1. The zero-order valence-corrected chi connectivity index (χ0v) is 11.3. The van der Waals surface area contributed by atoms with E-state index in [2.05, 4.69) is 4.98 Å². The van der Waals surface area contributed by atoms with Crippen molar-refractivity contribution in [2.75, 3.05) is 7.11 Å². The molecule has 0 radical (unpaired) electrons. The van der Waals surface area contributed by atoms with Crippen LogP contribution in [0.15, 0.2) is 42.6 Å². The van der Waals surface area contributed by atoms with Gasteiger partial charge in [-0.3, -0.25) is 4.79 Å². The molecule has 1 aromatic carbocycles. The Labute approximate surface area is 117 Å². The van der Waals surface area contributed by atoms with Gasteiger partial charge in [-0.2, -0.15) is 0 Å². The largest absolute Gasteiger partial charge is 0.506 e. The molecule has 0 atom stereocenters. The molecule has 1 aromatic heterocycles. The minimum Gasteiger partial charge on any atom is -0.506 e. The minimum atomic E-state index is -0.335. The summed E-state index contributed by atoms with van der Waals surface area (Å²) in [5, 5.41) is 9.69. The maximum absolute atomic E-state index is 11.9. The fourth-order valence-corrected chi connectivity index (χ4v) is 1.71. The smallest absolute Gasteiger partial charge is 0.207 e. The SMILES string of the molecule is COc1ccc(/C=C/C(=O)c2ncc(C)cc2O)cc1. The average Bonchev–Trinajstić information content (AvgIpc) is 2.45. The Bertz CT molecular complexity index is 645. The summed E-state index contributed by atoms with van der Waals surface area (Å²) in [5.74, 6) is 0.319. The summed E-state index contributed by atoms with van der Waals surface area (Å²) in [5.41, 5.74) is 1.73. The number of rotatable bonds is 4. The Morgan fingerprint density at radius 1 is 1.30 bits per heavy atom. The Morgan fingerprint density at radius 2 is 2.00 bits per heavy atom. The van der Waals surface area contributed by atoms with Crippen molar-refractivity contribution in [3.8, 4) is 11.5 Å². The second-order valence-electron chi connectivity index (χ2n) is 4.35. The lowest BCUT2D eigenvalue weighted by Crippen LogP contribution is -1.99. The number of aromatic nitrogens is 1. The number of carbonyl (C=O) groups excluding carboxylic acids is 1. The van der Waals surface area contributed by atoms with Gasteiger partial charge >= 0.3 is 0 Å². The van der Waals surface area contributed by atoms with E-state index in [9.17, 15) is 9.90 Å². The van der Waals surface area contributed by atoms with Gasteiger partial charge in [-0.15, -0.1) is 0 Å². The zero-order valence-electron chi connectivity index (χ0n) is 11.3. The number of aromatic hydroxyl groups is 1. The van der Waals surface area contributed by atoms with Crippen molar-refractivity contribution in [3.05, 3.63) is 59.4 Å². The van der Waals surface area contributed by atoms with E-state index in [0.717, 1.165) is 16.9 Å². The molecule has 0 fully saturated rings. The predicted octanol–water partition coefficient (Wildman–Crippen LogP) is 3.00. The van der Waals surface area contributed by atoms with E-state index < -0.39 is 0 Å². The first-order chi connectivity index (χ1) is 9.60. The third kappa shape index (κ3) is 3.23. The summed E-state index contributed by atoms with van der Waals surface area (Å²) in [6.45, 7) is 1.80. The molecule has 2 rings (SSSR count). The molecule has 102 valence electrons. The normalized spacial score (nSPS) is 10.7. The van der Waals surface area contributed by atoms with Crippen LogP contribution in [-0.4, -0.2) is 23.0 Å². The van der Waals surface area contributed by atoms with E-state index in [1.54, 1.807) is 26.3 Å². The molecule has 0 bridgehead atoms. The van der Waals surface area contributed by atoms with E-state index in [-0.39, 0.29) is 17.2 Å². The van der Waals surface area contributed by atoms with E-state index in [1.165, 1.54) is 12.1 Å². The molecule has 0 aliphatic rings. The number of pyridine rings is 1. The Morgan fingerprint density at radius 3 is 2.60 bits per heavy atom. The highest BCUT2D eigenvalue weighted by molar-refractivity contribution is 6.07. The van der Waals surface area contributed by atoms with Crippen molar-refractivity contribution >= 4 is 11.9 Å². The highest BCUT2D eigenvalue weighted by atomic mass is 16.5. The van der Waals surface area contributed by atoms with Crippen molar-refractivity contribution in [1.82, 2.24) is 4.98 Å². The Balaban J connectivity index is 2.15. The average molecular weight is 269 g/mol. The predicted molar refractivity (Wildman–Crippen MR) is 77.0 cm³/mol.